The third-order valence-electron chi connectivity index (χ3n) is 5.52. The second-order valence-corrected chi connectivity index (χ2v) is 8.32. The molecule has 0 aromatic heterocycles. The van der Waals surface area contributed by atoms with Crippen LogP contribution in [0.5, 0.6) is 5.75 Å². The van der Waals surface area contributed by atoms with Gasteiger partial charge >= 0.3 is 19.5 Å². The van der Waals surface area contributed by atoms with Crippen molar-refractivity contribution in [3.8, 4) is 5.75 Å². The predicted octanol–water partition coefficient (Wildman–Crippen LogP) is 2.92. The zero-order chi connectivity index (χ0) is 24.9. The van der Waals surface area contributed by atoms with Gasteiger partial charge in [0, 0.05) is 5.56 Å². The van der Waals surface area contributed by atoms with Crippen LogP contribution in [0.3, 0.4) is 0 Å². The summed E-state index contributed by atoms with van der Waals surface area (Å²) in [5.41, 5.74) is 0.528. The lowest BCUT2D eigenvalue weighted by molar-refractivity contribution is -0.211. The van der Waals surface area contributed by atoms with Crippen molar-refractivity contribution in [2.45, 2.75) is 82.7 Å². The summed E-state index contributed by atoms with van der Waals surface area (Å²) in [6, 6.07) is 4.56. The van der Waals surface area contributed by atoms with Crippen LogP contribution in [0.2, 0.25) is 0 Å². The van der Waals surface area contributed by atoms with Gasteiger partial charge in [-0.05, 0) is 44.6 Å². The number of rotatable bonds is 7. The molecule has 2 unspecified atom stereocenters. The van der Waals surface area contributed by atoms with Crippen LogP contribution >= 0.6 is 0 Å². The molecule has 2 aliphatic rings. The SMILES string of the molecule is CC(OC(=O)OC1CCCCC1)OC(O)c1cccc2c1OB(O)[C@@H](NC(=O)CC(F)(F)F)C2. The van der Waals surface area contributed by atoms with E-state index in [2.05, 4.69) is 5.32 Å². The molecule has 1 fully saturated rings. The fraction of sp³-hybridized carbons (Fsp3) is 0.619. The van der Waals surface area contributed by atoms with Gasteiger partial charge in [0.05, 0.1) is 5.94 Å². The summed E-state index contributed by atoms with van der Waals surface area (Å²) in [6.07, 6.45) is -5.75. The monoisotopic (exact) mass is 489 g/mol. The number of nitrogens with one attached hydrogen (secondary N) is 1. The Morgan fingerprint density at radius 3 is 2.65 bits per heavy atom. The highest BCUT2D eigenvalue weighted by Crippen LogP contribution is 2.35. The zero-order valence-corrected chi connectivity index (χ0v) is 18.5. The van der Waals surface area contributed by atoms with E-state index in [0.717, 1.165) is 32.1 Å². The van der Waals surface area contributed by atoms with Crippen molar-refractivity contribution in [3.63, 3.8) is 0 Å². The first kappa shape index (κ1) is 26.1. The number of carbonyl (C=O) groups excluding carboxylic acids is 2. The van der Waals surface area contributed by atoms with Crippen molar-refractivity contribution >= 4 is 19.2 Å². The molecule has 188 valence electrons. The molecule has 1 aliphatic carbocycles. The van der Waals surface area contributed by atoms with E-state index in [0.29, 0.717) is 5.56 Å². The first-order chi connectivity index (χ1) is 16.0. The summed E-state index contributed by atoms with van der Waals surface area (Å²) in [4.78, 5) is 23.5. The topological polar surface area (TPSA) is 124 Å². The van der Waals surface area contributed by atoms with Gasteiger partial charge in [-0.15, -0.1) is 0 Å². The summed E-state index contributed by atoms with van der Waals surface area (Å²) < 4.78 is 58.2. The molecule has 3 atom stereocenters. The molecule has 1 aromatic rings. The highest BCUT2D eigenvalue weighted by Gasteiger charge is 2.40. The second kappa shape index (κ2) is 11.3. The number of amides is 1. The third kappa shape index (κ3) is 7.50. The van der Waals surface area contributed by atoms with E-state index in [1.807, 2.05) is 0 Å². The average molecular weight is 489 g/mol. The number of hydrogen-bond donors (Lipinski definition) is 3. The molecule has 13 heteroatoms. The fourth-order valence-corrected chi connectivity index (χ4v) is 3.97. The Labute approximate surface area is 194 Å². The van der Waals surface area contributed by atoms with E-state index in [9.17, 15) is 32.9 Å². The normalized spacial score (nSPS) is 20.5. The summed E-state index contributed by atoms with van der Waals surface area (Å²) in [5.74, 6) is -2.36. The number of halogens is 3. The summed E-state index contributed by atoms with van der Waals surface area (Å²) >= 11 is 0. The van der Waals surface area contributed by atoms with Crippen LogP contribution in [0.15, 0.2) is 18.2 Å². The zero-order valence-electron chi connectivity index (χ0n) is 18.5. The Bertz CT molecular complexity index is 865. The van der Waals surface area contributed by atoms with Crippen LogP contribution in [0.25, 0.3) is 0 Å². The quantitative estimate of drug-likeness (QED) is 0.304. The van der Waals surface area contributed by atoms with Crippen LogP contribution in [-0.2, 0) is 25.4 Å². The van der Waals surface area contributed by atoms with Crippen LogP contribution in [-0.4, -0.2) is 53.8 Å². The molecule has 0 saturated heterocycles. The number of aliphatic hydroxyl groups is 1. The Hall–Kier alpha value is -2.51. The molecule has 34 heavy (non-hydrogen) atoms. The minimum atomic E-state index is -4.68. The lowest BCUT2D eigenvalue weighted by atomic mass is 9.72. The lowest BCUT2D eigenvalue weighted by Crippen LogP contribution is -2.53. The van der Waals surface area contributed by atoms with E-state index < -0.39 is 50.3 Å². The Kier molecular flexibility index (Phi) is 8.66. The van der Waals surface area contributed by atoms with Gasteiger partial charge in [0.15, 0.2) is 6.29 Å². The maximum atomic E-state index is 12.4. The number of para-hydroxylation sites is 1. The van der Waals surface area contributed by atoms with E-state index in [4.69, 9.17) is 18.9 Å². The van der Waals surface area contributed by atoms with Crippen molar-refractivity contribution in [2.75, 3.05) is 0 Å². The van der Waals surface area contributed by atoms with Gasteiger partial charge in [-0.25, -0.2) is 4.79 Å². The summed E-state index contributed by atoms with van der Waals surface area (Å²) in [7, 11) is -1.66. The fourth-order valence-electron chi connectivity index (χ4n) is 3.97. The van der Waals surface area contributed by atoms with Crippen LogP contribution in [0.1, 0.15) is 62.9 Å². The van der Waals surface area contributed by atoms with Crippen molar-refractivity contribution in [1.82, 2.24) is 5.32 Å². The average Bonchev–Trinajstić information content (AvgIpc) is 2.73. The maximum Gasteiger partial charge on any atom is 0.547 e. The van der Waals surface area contributed by atoms with Crippen molar-refractivity contribution < 1.29 is 51.8 Å². The largest absolute Gasteiger partial charge is 0.547 e. The maximum absolute atomic E-state index is 12.4. The number of fused-ring (bicyclic) bond motifs is 1. The van der Waals surface area contributed by atoms with Gasteiger partial charge < -0.3 is 34.3 Å². The van der Waals surface area contributed by atoms with Crippen molar-refractivity contribution in [3.05, 3.63) is 29.3 Å². The van der Waals surface area contributed by atoms with Crippen molar-refractivity contribution in [1.29, 1.82) is 0 Å². The molecule has 1 aliphatic heterocycles. The van der Waals surface area contributed by atoms with Crippen LogP contribution in [0.4, 0.5) is 18.0 Å². The summed E-state index contributed by atoms with van der Waals surface area (Å²) in [6.45, 7) is 1.39. The minimum Gasteiger partial charge on any atom is -0.534 e. The number of ether oxygens (including phenoxy) is 3. The van der Waals surface area contributed by atoms with Crippen LogP contribution in [0, 0.1) is 0 Å². The number of alkyl halides is 3. The smallest absolute Gasteiger partial charge is 0.534 e. The molecule has 0 spiro atoms. The second-order valence-electron chi connectivity index (χ2n) is 8.32. The number of aliphatic hydroxyl groups excluding tert-OH is 1. The van der Waals surface area contributed by atoms with E-state index in [1.165, 1.54) is 13.0 Å². The van der Waals surface area contributed by atoms with Crippen molar-refractivity contribution in [2.24, 2.45) is 0 Å². The highest BCUT2D eigenvalue weighted by molar-refractivity contribution is 6.46. The molecule has 3 N–H and O–H groups in total. The third-order valence-corrected chi connectivity index (χ3v) is 5.52. The molecule has 1 aromatic carbocycles. The van der Waals surface area contributed by atoms with Gasteiger partial charge in [-0.2, -0.15) is 13.2 Å². The van der Waals surface area contributed by atoms with Crippen LogP contribution < -0.4 is 9.97 Å². The molecule has 0 radical (unpaired) electrons. The molecule has 3 rings (SSSR count). The Morgan fingerprint density at radius 1 is 1.26 bits per heavy atom. The summed E-state index contributed by atoms with van der Waals surface area (Å²) in [5, 5.41) is 22.8. The van der Waals surface area contributed by atoms with E-state index >= 15 is 0 Å². The van der Waals surface area contributed by atoms with E-state index in [-0.39, 0.29) is 23.8 Å². The number of benzene rings is 1. The molecule has 0 bridgehead atoms. The molecular formula is C21H27BF3NO8. The molecule has 1 saturated carbocycles. The number of hydrogen-bond acceptors (Lipinski definition) is 8. The Morgan fingerprint density at radius 2 is 1.97 bits per heavy atom. The van der Waals surface area contributed by atoms with Gasteiger partial charge in [-0.1, -0.05) is 24.6 Å². The van der Waals surface area contributed by atoms with Gasteiger partial charge in [0.1, 0.15) is 18.3 Å². The first-order valence-electron chi connectivity index (χ1n) is 11.0. The standard InChI is InChI=1S/C21H27BF3NO8/c1-12(32-20(29)33-14-7-3-2-4-8-14)31-19(28)15-9-5-6-13-10-16(22(30)34-18(13)15)26-17(27)11-21(23,24)25/h5-6,9,12,14,16,19,28,30H,2-4,7-8,10-11H2,1H3,(H,26,27)/t12?,16-,19?/m0/s1. The molecule has 9 nitrogen and oxygen atoms in total. The predicted molar refractivity (Wildman–Crippen MR) is 111 cm³/mol. The first-order valence-corrected chi connectivity index (χ1v) is 11.0. The number of carbonyl (C=O) groups is 2. The minimum absolute atomic E-state index is 0.0412. The van der Waals surface area contributed by atoms with E-state index in [1.54, 1.807) is 12.1 Å². The Balaban J connectivity index is 1.57. The van der Waals surface area contributed by atoms with Gasteiger partial charge in [-0.3, -0.25) is 4.79 Å². The lowest BCUT2D eigenvalue weighted by Gasteiger charge is -2.30. The highest BCUT2D eigenvalue weighted by atomic mass is 19.4. The molecule has 1 heterocycles. The van der Waals surface area contributed by atoms with Gasteiger partial charge in [0.25, 0.3) is 0 Å². The van der Waals surface area contributed by atoms with Gasteiger partial charge in [0.2, 0.25) is 12.2 Å². The molecule has 1 amide bonds. The molecular weight excluding hydrogens is 462 g/mol.